The molecule has 0 radical (unpaired) electrons. The summed E-state index contributed by atoms with van der Waals surface area (Å²) in [5, 5.41) is 0. The number of aryl methyl sites for hydroxylation is 1. The number of nitrogens with zero attached hydrogens (tertiary/aromatic N) is 3. The second-order valence-corrected chi connectivity index (χ2v) is 8.56. The largest absolute Gasteiger partial charge is 0.494 e. The van der Waals surface area contributed by atoms with Gasteiger partial charge in [-0.1, -0.05) is 6.07 Å². The Hall–Kier alpha value is -2.28. The Balaban J connectivity index is 1.90. The van der Waals surface area contributed by atoms with E-state index in [1.165, 1.54) is 0 Å². The maximum absolute atomic E-state index is 12.6. The van der Waals surface area contributed by atoms with Crippen molar-refractivity contribution in [1.29, 1.82) is 0 Å². The first-order valence-corrected chi connectivity index (χ1v) is 10.3. The summed E-state index contributed by atoms with van der Waals surface area (Å²) in [7, 11) is 3.39. The molecule has 0 spiro atoms. The average molecular weight is 404 g/mol. The van der Waals surface area contributed by atoms with E-state index in [4.69, 9.17) is 19.2 Å². The molecule has 3 rings (SSSR count). The predicted molar refractivity (Wildman–Crippen MR) is 113 cm³/mol. The van der Waals surface area contributed by atoms with Gasteiger partial charge in [-0.2, -0.15) is 0 Å². The van der Waals surface area contributed by atoms with Crippen LogP contribution in [-0.2, 0) is 16.0 Å². The van der Waals surface area contributed by atoms with Gasteiger partial charge in [0.05, 0.1) is 12.6 Å². The van der Waals surface area contributed by atoms with Crippen LogP contribution in [0.25, 0.3) is 11.0 Å². The smallest absolute Gasteiger partial charge is 0.410 e. The lowest BCUT2D eigenvalue weighted by Crippen LogP contribution is -2.42. The molecular formula is C22H33N3O4. The lowest BCUT2D eigenvalue weighted by molar-refractivity contribution is 0.0195. The molecule has 0 aliphatic carbocycles. The van der Waals surface area contributed by atoms with E-state index in [-0.39, 0.29) is 12.0 Å². The van der Waals surface area contributed by atoms with Crippen molar-refractivity contribution in [1.82, 2.24) is 14.5 Å². The van der Waals surface area contributed by atoms with Crippen LogP contribution >= 0.6 is 0 Å². The highest BCUT2D eigenvalue weighted by Gasteiger charge is 2.31. The van der Waals surface area contributed by atoms with Crippen molar-refractivity contribution in [3.63, 3.8) is 0 Å². The number of amides is 1. The van der Waals surface area contributed by atoms with E-state index in [2.05, 4.69) is 10.6 Å². The molecule has 1 aliphatic rings. The van der Waals surface area contributed by atoms with E-state index in [0.717, 1.165) is 55.0 Å². The fourth-order valence-electron chi connectivity index (χ4n) is 3.90. The van der Waals surface area contributed by atoms with E-state index in [9.17, 15) is 4.79 Å². The lowest BCUT2D eigenvalue weighted by atomic mass is 9.97. The number of rotatable bonds is 6. The van der Waals surface area contributed by atoms with Gasteiger partial charge in [-0.05, 0) is 52.2 Å². The molecule has 1 saturated heterocycles. The molecule has 1 fully saturated rings. The fraction of sp³-hybridized carbons (Fsp3) is 0.636. The van der Waals surface area contributed by atoms with Crippen LogP contribution in [-0.4, -0.2) is 60.1 Å². The Kier molecular flexibility index (Phi) is 6.67. The lowest BCUT2D eigenvalue weighted by Gasteiger charge is -2.34. The molecule has 0 bridgehead atoms. The number of aromatic nitrogens is 2. The van der Waals surface area contributed by atoms with Crippen LogP contribution < -0.4 is 4.74 Å². The van der Waals surface area contributed by atoms with Gasteiger partial charge in [0.2, 0.25) is 0 Å². The molecule has 1 aromatic carbocycles. The molecule has 1 aromatic heterocycles. The second-order valence-electron chi connectivity index (χ2n) is 8.56. The van der Waals surface area contributed by atoms with Crippen molar-refractivity contribution in [3.05, 3.63) is 24.0 Å². The van der Waals surface area contributed by atoms with Gasteiger partial charge < -0.3 is 23.7 Å². The maximum atomic E-state index is 12.6. The molecule has 1 aliphatic heterocycles. The molecule has 0 saturated carbocycles. The SMILES string of the molecule is COCCCn1c([C@@H]2CCCN(C(=O)OC(C)(C)C)C2)nc2c(OC)cccc21. The molecule has 2 heterocycles. The highest BCUT2D eigenvalue weighted by Crippen LogP contribution is 2.33. The van der Waals surface area contributed by atoms with E-state index >= 15 is 0 Å². The Morgan fingerprint density at radius 3 is 2.76 bits per heavy atom. The van der Waals surface area contributed by atoms with Crippen molar-refractivity contribution >= 4 is 17.1 Å². The Labute approximate surface area is 172 Å². The Morgan fingerprint density at radius 1 is 1.28 bits per heavy atom. The summed E-state index contributed by atoms with van der Waals surface area (Å²) in [6, 6.07) is 6.01. The van der Waals surface area contributed by atoms with Gasteiger partial charge in [0.25, 0.3) is 0 Å². The minimum absolute atomic E-state index is 0.163. The van der Waals surface area contributed by atoms with Crippen molar-refractivity contribution < 1.29 is 19.0 Å². The van der Waals surface area contributed by atoms with Crippen molar-refractivity contribution in [2.45, 2.75) is 58.1 Å². The van der Waals surface area contributed by atoms with Crippen LogP contribution in [0.15, 0.2) is 18.2 Å². The van der Waals surface area contributed by atoms with Crippen molar-refractivity contribution in [3.8, 4) is 5.75 Å². The molecule has 160 valence electrons. The topological polar surface area (TPSA) is 65.8 Å². The normalized spacial score (nSPS) is 17.6. The number of fused-ring (bicyclic) bond motifs is 1. The fourth-order valence-corrected chi connectivity index (χ4v) is 3.90. The van der Waals surface area contributed by atoms with Gasteiger partial charge >= 0.3 is 6.09 Å². The number of benzene rings is 1. The van der Waals surface area contributed by atoms with Gasteiger partial charge in [-0.25, -0.2) is 9.78 Å². The van der Waals surface area contributed by atoms with E-state index in [0.29, 0.717) is 13.2 Å². The van der Waals surface area contributed by atoms with Crippen molar-refractivity contribution in [2.75, 3.05) is 33.9 Å². The van der Waals surface area contributed by atoms with Crippen LogP contribution in [0.2, 0.25) is 0 Å². The Bertz CT molecular complexity index is 840. The number of likely N-dealkylation sites (tertiary alicyclic amines) is 1. The van der Waals surface area contributed by atoms with E-state index in [1.807, 2.05) is 37.8 Å². The van der Waals surface area contributed by atoms with Crippen LogP contribution in [0, 0.1) is 0 Å². The average Bonchev–Trinajstić information content (AvgIpc) is 3.06. The summed E-state index contributed by atoms with van der Waals surface area (Å²) in [4.78, 5) is 19.4. The zero-order chi connectivity index (χ0) is 21.0. The number of methoxy groups -OCH3 is 2. The summed E-state index contributed by atoms with van der Waals surface area (Å²) < 4.78 is 18.6. The third kappa shape index (κ3) is 5.01. The molecule has 0 unspecified atom stereocenters. The number of piperidine rings is 1. The summed E-state index contributed by atoms with van der Waals surface area (Å²) in [5.74, 6) is 1.94. The zero-order valence-electron chi connectivity index (χ0n) is 18.2. The van der Waals surface area contributed by atoms with Gasteiger partial charge in [0.1, 0.15) is 22.7 Å². The Morgan fingerprint density at radius 2 is 2.07 bits per heavy atom. The molecule has 1 atom stereocenters. The summed E-state index contributed by atoms with van der Waals surface area (Å²) in [6.07, 6.45) is 2.58. The number of imidazole rings is 1. The number of hydrogen-bond donors (Lipinski definition) is 0. The van der Waals surface area contributed by atoms with Crippen LogP contribution in [0.5, 0.6) is 5.75 Å². The third-order valence-electron chi connectivity index (χ3n) is 5.16. The zero-order valence-corrected chi connectivity index (χ0v) is 18.2. The van der Waals surface area contributed by atoms with Crippen LogP contribution in [0.4, 0.5) is 4.79 Å². The molecule has 7 nitrogen and oxygen atoms in total. The molecule has 0 N–H and O–H groups in total. The van der Waals surface area contributed by atoms with Crippen LogP contribution in [0.1, 0.15) is 51.8 Å². The number of hydrogen-bond acceptors (Lipinski definition) is 5. The summed E-state index contributed by atoms with van der Waals surface area (Å²) in [6.45, 7) is 8.53. The minimum atomic E-state index is -0.495. The summed E-state index contributed by atoms with van der Waals surface area (Å²) >= 11 is 0. The third-order valence-corrected chi connectivity index (χ3v) is 5.16. The van der Waals surface area contributed by atoms with Gasteiger partial charge in [0, 0.05) is 39.3 Å². The van der Waals surface area contributed by atoms with Crippen molar-refractivity contribution in [2.24, 2.45) is 0 Å². The predicted octanol–water partition coefficient (Wildman–Crippen LogP) is 4.20. The maximum Gasteiger partial charge on any atom is 0.410 e. The quantitative estimate of drug-likeness (QED) is 0.677. The summed E-state index contributed by atoms with van der Waals surface area (Å²) in [5.41, 5.74) is 1.44. The minimum Gasteiger partial charge on any atom is -0.494 e. The molecule has 1 amide bonds. The molecule has 29 heavy (non-hydrogen) atoms. The first-order valence-electron chi connectivity index (χ1n) is 10.3. The van der Waals surface area contributed by atoms with E-state index < -0.39 is 5.60 Å². The number of carbonyl (C=O) groups excluding carboxylic acids is 1. The first-order chi connectivity index (χ1) is 13.8. The number of ether oxygens (including phenoxy) is 3. The second kappa shape index (κ2) is 9.03. The molecular weight excluding hydrogens is 370 g/mol. The van der Waals surface area contributed by atoms with Gasteiger partial charge in [-0.3, -0.25) is 0 Å². The van der Waals surface area contributed by atoms with E-state index in [1.54, 1.807) is 14.2 Å². The number of para-hydroxylation sites is 1. The highest BCUT2D eigenvalue weighted by atomic mass is 16.6. The highest BCUT2D eigenvalue weighted by molar-refractivity contribution is 5.82. The standard InChI is InChI=1S/C22H33N3O4/c1-22(2,3)29-21(26)24-12-7-9-16(15-24)20-23-19-17(10-6-11-18(19)28-5)25(20)13-8-14-27-4/h6,10-11,16H,7-9,12-15H2,1-5H3/t16-/m1/s1. The number of carbonyl (C=O) groups is 1. The van der Waals surface area contributed by atoms with Gasteiger partial charge in [0.15, 0.2) is 0 Å². The molecule has 2 aromatic rings. The monoisotopic (exact) mass is 403 g/mol. The van der Waals surface area contributed by atoms with Gasteiger partial charge in [-0.15, -0.1) is 0 Å². The molecule has 7 heteroatoms. The van der Waals surface area contributed by atoms with Crippen LogP contribution in [0.3, 0.4) is 0 Å². The first kappa shape index (κ1) is 21.4.